The molecule has 0 bridgehead atoms. The normalized spacial score (nSPS) is 24.3. The Morgan fingerprint density at radius 2 is 1.88 bits per heavy atom. The van der Waals surface area contributed by atoms with E-state index >= 15 is 0 Å². The molecule has 2 amide bonds. The van der Waals surface area contributed by atoms with Crippen molar-refractivity contribution in [2.24, 2.45) is 17.6 Å². The van der Waals surface area contributed by atoms with Gasteiger partial charge in [-0.2, -0.15) is 0 Å². The summed E-state index contributed by atoms with van der Waals surface area (Å²) in [5.41, 5.74) is 4.99. The maximum Gasteiger partial charge on any atom is 0.236 e. The van der Waals surface area contributed by atoms with Crippen molar-refractivity contribution in [3.05, 3.63) is 0 Å². The molecule has 1 saturated carbocycles. The number of unbranched alkanes of at least 4 members (excludes halogenated alkanes) is 1. The van der Waals surface area contributed by atoms with E-state index in [-0.39, 0.29) is 18.4 Å². The van der Waals surface area contributed by atoms with Crippen molar-refractivity contribution in [2.45, 2.75) is 51.9 Å². The van der Waals surface area contributed by atoms with E-state index in [2.05, 4.69) is 12.2 Å². The number of primary amides is 1. The van der Waals surface area contributed by atoms with Gasteiger partial charge < -0.3 is 11.1 Å². The topological polar surface area (TPSA) is 72.2 Å². The van der Waals surface area contributed by atoms with Gasteiger partial charge in [-0.25, -0.2) is 0 Å². The number of nitrogens with two attached hydrogens (primary N) is 1. The molecule has 0 atom stereocenters. The van der Waals surface area contributed by atoms with E-state index in [1.807, 2.05) is 0 Å². The molecule has 1 rings (SSSR count). The molecule has 0 saturated heterocycles. The van der Waals surface area contributed by atoms with Crippen molar-refractivity contribution >= 4 is 11.8 Å². The fourth-order valence-electron chi connectivity index (χ4n) is 2.52. The lowest BCUT2D eigenvalue weighted by Crippen LogP contribution is -2.38. The molecule has 4 nitrogen and oxygen atoms in total. The van der Waals surface area contributed by atoms with Gasteiger partial charge in [-0.15, -0.1) is 0 Å². The number of nitrogens with one attached hydrogen (secondary N) is 1. The van der Waals surface area contributed by atoms with Crippen LogP contribution in [0.5, 0.6) is 0 Å². The lowest BCUT2D eigenvalue weighted by Gasteiger charge is -2.27. The van der Waals surface area contributed by atoms with E-state index in [1.54, 1.807) is 0 Å². The van der Waals surface area contributed by atoms with Crippen LogP contribution >= 0.6 is 0 Å². The summed E-state index contributed by atoms with van der Waals surface area (Å²) in [6.07, 6.45) is 8.05. The number of hydrogen-bond acceptors (Lipinski definition) is 2. The number of carbonyl (C=O) groups excluding carboxylic acids is 2. The Morgan fingerprint density at radius 1 is 1.24 bits per heavy atom. The fourth-order valence-corrected chi connectivity index (χ4v) is 2.52. The van der Waals surface area contributed by atoms with Crippen molar-refractivity contribution in [1.29, 1.82) is 0 Å². The number of rotatable bonds is 6. The zero-order valence-electron chi connectivity index (χ0n) is 10.7. The van der Waals surface area contributed by atoms with Crippen LogP contribution < -0.4 is 11.1 Å². The van der Waals surface area contributed by atoms with Gasteiger partial charge in [-0.05, 0) is 31.6 Å². The van der Waals surface area contributed by atoms with Gasteiger partial charge in [0.05, 0.1) is 6.54 Å². The molecule has 0 aromatic rings. The predicted molar refractivity (Wildman–Crippen MR) is 67.2 cm³/mol. The van der Waals surface area contributed by atoms with Crippen molar-refractivity contribution in [3.8, 4) is 0 Å². The van der Waals surface area contributed by atoms with Crippen LogP contribution in [0.25, 0.3) is 0 Å². The van der Waals surface area contributed by atoms with Crippen LogP contribution in [-0.4, -0.2) is 18.4 Å². The summed E-state index contributed by atoms with van der Waals surface area (Å²) in [6.45, 7) is 2.18. The SMILES string of the molecule is CCCCC1CCC(C(=O)NCC(N)=O)CC1. The van der Waals surface area contributed by atoms with E-state index in [0.717, 1.165) is 31.6 Å². The van der Waals surface area contributed by atoms with E-state index in [4.69, 9.17) is 5.73 Å². The highest BCUT2D eigenvalue weighted by Crippen LogP contribution is 2.31. The van der Waals surface area contributed by atoms with Crippen molar-refractivity contribution in [3.63, 3.8) is 0 Å². The molecular formula is C13H24N2O2. The Balaban J connectivity index is 2.21. The summed E-state index contributed by atoms with van der Waals surface area (Å²) in [5, 5.41) is 2.60. The number of carbonyl (C=O) groups is 2. The number of amides is 2. The van der Waals surface area contributed by atoms with Crippen molar-refractivity contribution in [1.82, 2.24) is 5.32 Å². The van der Waals surface area contributed by atoms with Gasteiger partial charge in [0.1, 0.15) is 0 Å². The fraction of sp³-hybridized carbons (Fsp3) is 0.846. The second kappa shape index (κ2) is 7.30. The average Bonchev–Trinajstić information content (AvgIpc) is 2.34. The lowest BCUT2D eigenvalue weighted by molar-refractivity contribution is -0.128. The monoisotopic (exact) mass is 240 g/mol. The average molecular weight is 240 g/mol. The molecule has 0 aromatic carbocycles. The Labute approximate surface area is 103 Å². The smallest absolute Gasteiger partial charge is 0.236 e. The van der Waals surface area contributed by atoms with Crippen LogP contribution in [0.2, 0.25) is 0 Å². The molecule has 0 radical (unpaired) electrons. The van der Waals surface area contributed by atoms with Crippen LogP contribution in [-0.2, 0) is 9.59 Å². The van der Waals surface area contributed by atoms with E-state index < -0.39 is 5.91 Å². The highest BCUT2D eigenvalue weighted by Gasteiger charge is 2.25. The summed E-state index contributed by atoms with van der Waals surface area (Å²) < 4.78 is 0. The minimum Gasteiger partial charge on any atom is -0.368 e. The second-order valence-corrected chi connectivity index (χ2v) is 5.04. The van der Waals surface area contributed by atoms with Gasteiger partial charge in [0.25, 0.3) is 0 Å². The Hall–Kier alpha value is -1.06. The first-order valence-corrected chi connectivity index (χ1v) is 6.69. The first kappa shape index (κ1) is 14.0. The summed E-state index contributed by atoms with van der Waals surface area (Å²) in [7, 11) is 0. The second-order valence-electron chi connectivity index (χ2n) is 5.04. The third kappa shape index (κ3) is 5.20. The Bertz CT molecular complexity index is 258. The third-order valence-electron chi connectivity index (χ3n) is 3.62. The quantitative estimate of drug-likeness (QED) is 0.740. The lowest BCUT2D eigenvalue weighted by atomic mass is 9.79. The first-order chi connectivity index (χ1) is 8.13. The summed E-state index contributed by atoms with van der Waals surface area (Å²) in [6, 6.07) is 0. The Morgan fingerprint density at radius 3 is 2.41 bits per heavy atom. The summed E-state index contributed by atoms with van der Waals surface area (Å²) >= 11 is 0. The first-order valence-electron chi connectivity index (χ1n) is 6.69. The van der Waals surface area contributed by atoms with Gasteiger partial charge >= 0.3 is 0 Å². The molecule has 0 unspecified atom stereocenters. The van der Waals surface area contributed by atoms with Crippen molar-refractivity contribution < 1.29 is 9.59 Å². The van der Waals surface area contributed by atoms with Crippen LogP contribution in [0, 0.1) is 11.8 Å². The summed E-state index contributed by atoms with van der Waals surface area (Å²) in [5.74, 6) is 0.412. The maximum absolute atomic E-state index is 11.7. The maximum atomic E-state index is 11.7. The standard InChI is InChI=1S/C13H24N2O2/c1-2-3-4-10-5-7-11(8-6-10)13(17)15-9-12(14)16/h10-11H,2-9H2,1H3,(H2,14,16)(H,15,17). The molecule has 1 aliphatic rings. The summed E-state index contributed by atoms with van der Waals surface area (Å²) in [4.78, 5) is 22.3. The van der Waals surface area contributed by atoms with Crippen LogP contribution in [0.1, 0.15) is 51.9 Å². The zero-order chi connectivity index (χ0) is 12.7. The van der Waals surface area contributed by atoms with E-state index in [9.17, 15) is 9.59 Å². The Kier molecular flexibility index (Phi) is 6.01. The molecule has 0 heterocycles. The predicted octanol–water partition coefficient (Wildman–Crippen LogP) is 1.58. The largest absolute Gasteiger partial charge is 0.368 e. The minimum atomic E-state index is -0.477. The molecule has 1 fully saturated rings. The van der Waals surface area contributed by atoms with E-state index in [0.29, 0.717) is 0 Å². The molecule has 3 N–H and O–H groups in total. The van der Waals surface area contributed by atoms with Crippen LogP contribution in [0.15, 0.2) is 0 Å². The third-order valence-corrected chi connectivity index (χ3v) is 3.62. The van der Waals surface area contributed by atoms with Crippen LogP contribution in [0.4, 0.5) is 0 Å². The van der Waals surface area contributed by atoms with Crippen molar-refractivity contribution in [2.75, 3.05) is 6.54 Å². The van der Waals surface area contributed by atoms with Crippen LogP contribution in [0.3, 0.4) is 0 Å². The molecule has 0 aromatic heterocycles. The molecule has 4 heteroatoms. The van der Waals surface area contributed by atoms with Gasteiger partial charge in [0.2, 0.25) is 11.8 Å². The molecule has 0 spiro atoms. The van der Waals surface area contributed by atoms with Gasteiger partial charge in [-0.3, -0.25) is 9.59 Å². The molecule has 17 heavy (non-hydrogen) atoms. The highest BCUT2D eigenvalue weighted by atomic mass is 16.2. The molecule has 1 aliphatic carbocycles. The van der Waals surface area contributed by atoms with E-state index in [1.165, 1.54) is 19.3 Å². The zero-order valence-corrected chi connectivity index (χ0v) is 10.7. The molecule has 0 aliphatic heterocycles. The number of hydrogen-bond donors (Lipinski definition) is 2. The molecule has 98 valence electrons. The minimum absolute atomic E-state index is 0.00209. The van der Waals surface area contributed by atoms with Gasteiger partial charge in [0, 0.05) is 5.92 Å². The van der Waals surface area contributed by atoms with Gasteiger partial charge in [0.15, 0.2) is 0 Å². The highest BCUT2D eigenvalue weighted by molar-refractivity contribution is 5.84. The van der Waals surface area contributed by atoms with Gasteiger partial charge in [-0.1, -0.05) is 26.2 Å². The molecular weight excluding hydrogens is 216 g/mol.